The Hall–Kier alpha value is -1.41. The number of hydrogen-bond donors (Lipinski definition) is 2. The van der Waals surface area contributed by atoms with E-state index in [-0.39, 0.29) is 24.9 Å². The molecule has 0 spiro atoms. The van der Waals surface area contributed by atoms with Crippen molar-refractivity contribution < 1.29 is 13.2 Å². The highest BCUT2D eigenvalue weighted by molar-refractivity contribution is 7.88. The molecule has 1 aromatic heterocycles. The summed E-state index contributed by atoms with van der Waals surface area (Å²) in [5.74, 6) is 0.911. The zero-order valence-electron chi connectivity index (χ0n) is 10.8. The van der Waals surface area contributed by atoms with Crippen molar-refractivity contribution in [3.8, 4) is 0 Å². The quantitative estimate of drug-likeness (QED) is 0.745. The van der Waals surface area contributed by atoms with Crippen molar-refractivity contribution in [2.24, 2.45) is 0 Å². The van der Waals surface area contributed by atoms with E-state index in [1.54, 1.807) is 6.20 Å². The molecule has 1 aliphatic heterocycles. The van der Waals surface area contributed by atoms with Crippen LogP contribution in [0.1, 0.15) is 18.7 Å². The summed E-state index contributed by atoms with van der Waals surface area (Å²) in [6.45, 7) is 0.855. The van der Waals surface area contributed by atoms with Gasteiger partial charge < -0.3 is 9.88 Å². The zero-order valence-corrected chi connectivity index (χ0v) is 11.6. The molecule has 8 heteroatoms. The first kappa shape index (κ1) is 14.0. The fourth-order valence-electron chi connectivity index (χ4n) is 2.13. The summed E-state index contributed by atoms with van der Waals surface area (Å²) in [5.41, 5.74) is 0. The summed E-state index contributed by atoms with van der Waals surface area (Å²) in [7, 11) is -3.23. The summed E-state index contributed by atoms with van der Waals surface area (Å²) >= 11 is 0. The number of nitrogens with zero attached hydrogens (tertiary/aromatic N) is 2. The molecule has 1 amide bonds. The summed E-state index contributed by atoms with van der Waals surface area (Å²) in [6.07, 6.45) is 6.60. The maximum Gasteiger partial charge on any atom is 0.221 e. The lowest BCUT2D eigenvalue weighted by Gasteiger charge is -2.24. The van der Waals surface area contributed by atoms with Gasteiger partial charge in [0.2, 0.25) is 15.9 Å². The minimum absolute atomic E-state index is 0.0902. The second-order valence-electron chi connectivity index (χ2n) is 4.72. The van der Waals surface area contributed by atoms with Gasteiger partial charge in [0.05, 0.1) is 6.26 Å². The van der Waals surface area contributed by atoms with Gasteiger partial charge in [-0.25, -0.2) is 18.1 Å². The highest BCUT2D eigenvalue weighted by Gasteiger charge is 2.20. The van der Waals surface area contributed by atoms with Crippen molar-refractivity contribution in [2.75, 3.05) is 12.8 Å². The van der Waals surface area contributed by atoms with Gasteiger partial charge in [-0.1, -0.05) is 0 Å². The lowest BCUT2D eigenvalue weighted by molar-refractivity contribution is -0.121. The van der Waals surface area contributed by atoms with Crippen LogP contribution in [-0.4, -0.2) is 42.7 Å². The number of carbonyl (C=O) groups excluding carboxylic acids is 1. The Morgan fingerprint density at radius 3 is 3.11 bits per heavy atom. The molecule has 0 saturated carbocycles. The molecule has 0 aliphatic carbocycles. The van der Waals surface area contributed by atoms with E-state index >= 15 is 0 Å². The molecular weight excluding hydrogens is 268 g/mol. The van der Waals surface area contributed by atoms with E-state index in [0.29, 0.717) is 0 Å². The van der Waals surface area contributed by atoms with Crippen LogP contribution in [0.3, 0.4) is 0 Å². The third-order valence-corrected chi connectivity index (χ3v) is 3.75. The normalized spacial score (nSPS) is 18.9. The monoisotopic (exact) mass is 286 g/mol. The first-order valence-corrected chi connectivity index (χ1v) is 8.07. The molecule has 0 unspecified atom stereocenters. The van der Waals surface area contributed by atoms with Crippen molar-refractivity contribution >= 4 is 15.9 Å². The van der Waals surface area contributed by atoms with Crippen molar-refractivity contribution in [2.45, 2.75) is 31.8 Å². The maximum atomic E-state index is 11.7. The van der Waals surface area contributed by atoms with Crippen LogP contribution in [0.2, 0.25) is 0 Å². The van der Waals surface area contributed by atoms with Gasteiger partial charge in [-0.15, -0.1) is 0 Å². The number of aromatic nitrogens is 2. The first-order valence-electron chi connectivity index (χ1n) is 6.18. The minimum atomic E-state index is -3.23. The third-order valence-electron chi connectivity index (χ3n) is 3.02. The van der Waals surface area contributed by atoms with Crippen LogP contribution in [0.5, 0.6) is 0 Å². The molecule has 0 aromatic carbocycles. The molecule has 2 N–H and O–H groups in total. The van der Waals surface area contributed by atoms with E-state index in [2.05, 4.69) is 15.0 Å². The highest BCUT2D eigenvalue weighted by atomic mass is 32.2. The molecule has 106 valence electrons. The number of hydrogen-bond acceptors (Lipinski definition) is 4. The fourth-order valence-corrected chi connectivity index (χ4v) is 2.61. The SMILES string of the molecule is CS(=O)(=O)NCCC(=O)N[C@H]1CCc2nccn2C1. The molecule has 2 heterocycles. The number of aryl methyl sites for hydroxylation is 1. The Morgan fingerprint density at radius 1 is 1.58 bits per heavy atom. The molecule has 1 atom stereocenters. The van der Waals surface area contributed by atoms with E-state index in [9.17, 15) is 13.2 Å². The average molecular weight is 286 g/mol. The van der Waals surface area contributed by atoms with Crippen LogP contribution in [0.25, 0.3) is 0 Å². The summed E-state index contributed by atoms with van der Waals surface area (Å²) in [5, 5.41) is 2.91. The predicted octanol–water partition coefficient (Wildman–Crippen LogP) is -0.747. The number of fused-ring (bicyclic) bond motifs is 1. The Kier molecular flexibility index (Phi) is 4.20. The Balaban J connectivity index is 1.75. The van der Waals surface area contributed by atoms with Crippen LogP contribution >= 0.6 is 0 Å². The molecule has 0 bridgehead atoms. The molecular formula is C11H18N4O3S. The molecule has 7 nitrogen and oxygen atoms in total. The summed E-state index contributed by atoms with van der Waals surface area (Å²) < 4.78 is 26.0. The number of nitrogens with one attached hydrogen (secondary N) is 2. The van der Waals surface area contributed by atoms with Crippen molar-refractivity contribution in [3.63, 3.8) is 0 Å². The van der Waals surface area contributed by atoms with Gasteiger partial charge in [0.25, 0.3) is 0 Å². The van der Waals surface area contributed by atoms with Gasteiger partial charge in [0.15, 0.2) is 0 Å². The smallest absolute Gasteiger partial charge is 0.221 e. The topological polar surface area (TPSA) is 93.1 Å². The van der Waals surface area contributed by atoms with Gasteiger partial charge in [-0.05, 0) is 6.42 Å². The molecule has 0 saturated heterocycles. The minimum Gasteiger partial charge on any atom is -0.352 e. The lowest BCUT2D eigenvalue weighted by Crippen LogP contribution is -2.41. The predicted molar refractivity (Wildman–Crippen MR) is 69.9 cm³/mol. The van der Waals surface area contributed by atoms with Crippen LogP contribution in [-0.2, 0) is 27.8 Å². The number of imidazole rings is 1. The van der Waals surface area contributed by atoms with Gasteiger partial charge in [0, 0.05) is 44.4 Å². The van der Waals surface area contributed by atoms with Crippen LogP contribution < -0.4 is 10.0 Å². The van der Waals surface area contributed by atoms with E-state index in [1.807, 2.05) is 10.8 Å². The molecule has 2 rings (SSSR count). The molecule has 1 aliphatic rings. The second kappa shape index (κ2) is 5.70. The van der Waals surface area contributed by atoms with Gasteiger partial charge >= 0.3 is 0 Å². The first-order chi connectivity index (χ1) is 8.94. The van der Waals surface area contributed by atoms with Gasteiger partial charge in [-0.2, -0.15) is 0 Å². The molecule has 19 heavy (non-hydrogen) atoms. The van der Waals surface area contributed by atoms with Crippen LogP contribution in [0.4, 0.5) is 0 Å². The van der Waals surface area contributed by atoms with E-state index in [1.165, 1.54) is 0 Å². The summed E-state index contributed by atoms with van der Waals surface area (Å²) in [6, 6.07) is 0.0902. The molecule has 0 fully saturated rings. The Morgan fingerprint density at radius 2 is 2.37 bits per heavy atom. The van der Waals surface area contributed by atoms with Crippen LogP contribution in [0, 0.1) is 0 Å². The van der Waals surface area contributed by atoms with E-state index < -0.39 is 10.0 Å². The van der Waals surface area contributed by atoms with E-state index in [0.717, 1.165) is 31.5 Å². The van der Waals surface area contributed by atoms with Crippen molar-refractivity contribution in [1.82, 2.24) is 19.6 Å². The second-order valence-corrected chi connectivity index (χ2v) is 6.55. The lowest BCUT2D eigenvalue weighted by atomic mass is 10.1. The number of carbonyl (C=O) groups is 1. The fraction of sp³-hybridized carbons (Fsp3) is 0.636. The highest BCUT2D eigenvalue weighted by Crippen LogP contribution is 2.12. The summed E-state index contributed by atoms with van der Waals surface area (Å²) in [4.78, 5) is 15.9. The Bertz CT molecular complexity index is 552. The number of sulfonamides is 1. The molecule has 1 aromatic rings. The van der Waals surface area contributed by atoms with Crippen molar-refractivity contribution in [3.05, 3.63) is 18.2 Å². The van der Waals surface area contributed by atoms with Gasteiger partial charge in [0.1, 0.15) is 5.82 Å². The Labute approximate surface area is 112 Å². The van der Waals surface area contributed by atoms with Crippen molar-refractivity contribution in [1.29, 1.82) is 0 Å². The number of amides is 1. The third kappa shape index (κ3) is 4.32. The van der Waals surface area contributed by atoms with Crippen LogP contribution in [0.15, 0.2) is 12.4 Å². The van der Waals surface area contributed by atoms with E-state index in [4.69, 9.17) is 0 Å². The average Bonchev–Trinajstić information content (AvgIpc) is 2.74. The molecule has 0 radical (unpaired) electrons. The largest absolute Gasteiger partial charge is 0.352 e. The standard InChI is InChI=1S/C11H18N4O3S/c1-19(17,18)13-5-4-11(16)14-9-2-3-10-12-6-7-15(10)8-9/h6-7,9,13H,2-5,8H2,1H3,(H,14,16)/t9-/m0/s1. The number of rotatable bonds is 5. The maximum absolute atomic E-state index is 11.7. The van der Waals surface area contributed by atoms with Gasteiger partial charge in [-0.3, -0.25) is 4.79 Å². The zero-order chi connectivity index (χ0) is 13.9.